The van der Waals surface area contributed by atoms with Crippen molar-refractivity contribution in [1.82, 2.24) is 26.3 Å². The van der Waals surface area contributed by atoms with Gasteiger partial charge in [0.15, 0.2) is 0 Å². The van der Waals surface area contributed by atoms with Crippen LogP contribution in [0.2, 0.25) is 0 Å². The molecule has 0 saturated heterocycles. The second-order valence-corrected chi connectivity index (χ2v) is 10.3. The summed E-state index contributed by atoms with van der Waals surface area (Å²) in [6, 6.07) is 7.15. The van der Waals surface area contributed by atoms with Crippen LogP contribution in [0.5, 0.6) is 0 Å². The van der Waals surface area contributed by atoms with Crippen molar-refractivity contribution in [2.24, 2.45) is 0 Å². The Balaban J connectivity index is 0.000000816. The van der Waals surface area contributed by atoms with Crippen LogP contribution in [0, 0.1) is 0 Å². The summed E-state index contributed by atoms with van der Waals surface area (Å²) < 4.78 is 0. The molecule has 0 fully saturated rings. The standard InChI is InChI=1S/C15H27N5.2ClH.Zn/c1-12-8-16-6-7-17-9-13(2)19-11-15-5-3-4-14(20-15)10-18-12;;;/h3-5,12-13,16-19H,6-11H2,1-2H3;2*1H;/q;;;+2/p-2/t12-,13-;;;/m0.../s1. The van der Waals surface area contributed by atoms with Gasteiger partial charge >= 0.3 is 34.5 Å². The summed E-state index contributed by atoms with van der Waals surface area (Å²) in [5.41, 5.74) is 2.22. The summed E-state index contributed by atoms with van der Waals surface area (Å²) in [7, 11) is 9.90. The van der Waals surface area contributed by atoms with Crippen molar-refractivity contribution in [3.63, 3.8) is 0 Å². The number of fused-ring (bicyclic) bond motifs is 2. The van der Waals surface area contributed by atoms with Crippen LogP contribution in [-0.2, 0) is 28.2 Å². The molecule has 0 radical (unpaired) electrons. The van der Waals surface area contributed by atoms with E-state index < -0.39 is 15.1 Å². The number of hydrogen-bond acceptors (Lipinski definition) is 5. The maximum absolute atomic E-state index is 4.95. The summed E-state index contributed by atoms with van der Waals surface area (Å²) >= 11 is -0.931. The fraction of sp³-hybridized carbons (Fsp3) is 0.667. The second kappa shape index (κ2) is 13.5. The maximum atomic E-state index is 4.95. The van der Waals surface area contributed by atoms with Gasteiger partial charge in [-0.2, -0.15) is 0 Å². The van der Waals surface area contributed by atoms with Gasteiger partial charge in [0.05, 0.1) is 11.4 Å². The Morgan fingerprint density at radius 1 is 0.957 bits per heavy atom. The molecule has 2 bridgehead atoms. The van der Waals surface area contributed by atoms with E-state index in [1.807, 2.05) is 0 Å². The molecule has 0 aliphatic carbocycles. The summed E-state index contributed by atoms with van der Waals surface area (Å²) in [5, 5.41) is 13.9. The molecule has 1 aromatic heterocycles. The van der Waals surface area contributed by atoms with Gasteiger partial charge < -0.3 is 21.3 Å². The molecular weight excluding hydrogens is 386 g/mol. The summed E-state index contributed by atoms with van der Waals surface area (Å²) in [6.45, 7) is 10.0. The molecular formula is C15H27Cl2N5Zn. The average molecular weight is 414 g/mol. The average Bonchev–Trinajstić information content (AvgIpc) is 2.55. The number of nitrogens with one attached hydrogen (secondary N) is 4. The fourth-order valence-electron chi connectivity index (χ4n) is 2.24. The monoisotopic (exact) mass is 411 g/mol. The molecule has 4 N–H and O–H groups in total. The first kappa shape index (κ1) is 21.2. The van der Waals surface area contributed by atoms with Crippen LogP contribution < -0.4 is 21.3 Å². The fourth-order valence-corrected chi connectivity index (χ4v) is 2.24. The Morgan fingerprint density at radius 3 is 1.83 bits per heavy atom. The van der Waals surface area contributed by atoms with E-state index in [9.17, 15) is 0 Å². The molecule has 0 spiro atoms. The molecule has 1 aliphatic rings. The Labute approximate surface area is 155 Å². The molecule has 2 heterocycles. The van der Waals surface area contributed by atoms with E-state index in [2.05, 4.69) is 58.3 Å². The van der Waals surface area contributed by atoms with E-state index >= 15 is 0 Å². The minimum atomic E-state index is -0.931. The molecule has 0 saturated carbocycles. The zero-order valence-corrected chi connectivity index (χ0v) is 18.5. The van der Waals surface area contributed by atoms with Crippen molar-refractivity contribution in [3.8, 4) is 0 Å². The Bertz CT molecular complexity index is 391. The van der Waals surface area contributed by atoms with Gasteiger partial charge in [-0.25, -0.2) is 0 Å². The molecule has 1 aliphatic heterocycles. The van der Waals surface area contributed by atoms with E-state index in [1.165, 1.54) is 0 Å². The predicted molar refractivity (Wildman–Crippen MR) is 94.3 cm³/mol. The Kier molecular flexibility index (Phi) is 12.4. The molecule has 1 aromatic rings. The number of aromatic nitrogens is 1. The quantitative estimate of drug-likeness (QED) is 0.487. The zero-order valence-electron chi connectivity index (χ0n) is 14.0. The number of rotatable bonds is 0. The third kappa shape index (κ3) is 10.6. The molecule has 2 atom stereocenters. The first-order valence-corrected chi connectivity index (χ1v) is 15.9. The molecule has 0 unspecified atom stereocenters. The number of hydrogen-bond donors (Lipinski definition) is 4. The van der Waals surface area contributed by atoms with Crippen LogP contribution in [0.3, 0.4) is 0 Å². The molecule has 0 aromatic carbocycles. The van der Waals surface area contributed by atoms with E-state index in [0.29, 0.717) is 12.1 Å². The van der Waals surface area contributed by atoms with Gasteiger partial charge in [-0.1, -0.05) is 6.07 Å². The van der Waals surface area contributed by atoms with E-state index in [0.717, 1.165) is 50.7 Å². The van der Waals surface area contributed by atoms with Gasteiger partial charge in [0, 0.05) is 51.4 Å². The minimum absolute atomic E-state index is 0.447. The van der Waals surface area contributed by atoms with Gasteiger partial charge in [-0.15, -0.1) is 0 Å². The first-order valence-electron chi connectivity index (χ1n) is 8.10. The Morgan fingerprint density at radius 2 is 1.39 bits per heavy atom. The van der Waals surface area contributed by atoms with Crippen LogP contribution in [0.15, 0.2) is 18.2 Å². The van der Waals surface area contributed by atoms with Crippen molar-refractivity contribution in [1.29, 1.82) is 0 Å². The van der Waals surface area contributed by atoms with Crippen LogP contribution >= 0.6 is 19.4 Å². The van der Waals surface area contributed by atoms with Crippen LogP contribution in [0.4, 0.5) is 0 Å². The normalized spacial score (nSPS) is 23.5. The molecule has 0 amide bonds. The van der Waals surface area contributed by atoms with Crippen molar-refractivity contribution in [2.45, 2.75) is 39.0 Å². The zero-order chi connectivity index (χ0) is 16.9. The van der Waals surface area contributed by atoms with E-state index in [1.54, 1.807) is 0 Å². The van der Waals surface area contributed by atoms with Gasteiger partial charge in [0.25, 0.3) is 0 Å². The Hall–Kier alpha value is 0.193. The summed E-state index contributed by atoms with van der Waals surface area (Å²) in [6.07, 6.45) is 0. The van der Waals surface area contributed by atoms with Crippen molar-refractivity contribution in [2.75, 3.05) is 26.2 Å². The van der Waals surface area contributed by atoms with Crippen LogP contribution in [-0.4, -0.2) is 43.2 Å². The summed E-state index contributed by atoms with van der Waals surface area (Å²) in [5.74, 6) is 0. The molecule has 2 rings (SSSR count). The second-order valence-electron chi connectivity index (χ2n) is 5.69. The van der Waals surface area contributed by atoms with Gasteiger partial charge in [-0.3, -0.25) is 4.98 Å². The third-order valence-corrected chi connectivity index (χ3v) is 3.51. The topological polar surface area (TPSA) is 61.0 Å². The van der Waals surface area contributed by atoms with Crippen LogP contribution in [0.25, 0.3) is 0 Å². The third-order valence-electron chi connectivity index (χ3n) is 3.51. The number of pyridine rings is 1. The number of halogens is 2. The molecule has 128 valence electrons. The van der Waals surface area contributed by atoms with Crippen molar-refractivity contribution < 1.29 is 15.1 Å². The van der Waals surface area contributed by atoms with Crippen LogP contribution in [0.1, 0.15) is 25.2 Å². The van der Waals surface area contributed by atoms with Gasteiger partial charge in [-0.05, 0) is 26.0 Å². The molecule has 5 nitrogen and oxygen atoms in total. The molecule has 23 heavy (non-hydrogen) atoms. The van der Waals surface area contributed by atoms with Gasteiger partial charge in [0.1, 0.15) is 0 Å². The SMILES string of the molecule is C[C@H]1CNCCNC[C@H](C)NCc2cccc(n2)CN1.[Cl][Zn][Cl]. The predicted octanol–water partition coefficient (Wildman–Crippen LogP) is 1.61. The van der Waals surface area contributed by atoms with Crippen molar-refractivity contribution in [3.05, 3.63) is 29.6 Å². The summed E-state index contributed by atoms with van der Waals surface area (Å²) in [4.78, 5) is 4.69. The first-order chi connectivity index (χ1) is 11.2. The van der Waals surface area contributed by atoms with E-state index in [4.69, 9.17) is 19.4 Å². The van der Waals surface area contributed by atoms with Crippen molar-refractivity contribution >= 4 is 19.4 Å². The van der Waals surface area contributed by atoms with Gasteiger partial charge in [0.2, 0.25) is 0 Å². The number of nitrogens with zero attached hydrogens (tertiary/aromatic N) is 1. The van der Waals surface area contributed by atoms with E-state index in [-0.39, 0.29) is 0 Å². The molecule has 8 heteroatoms.